The molecule has 0 aromatic carbocycles. The number of hydrogen-bond donors (Lipinski definition) is 6. The van der Waals surface area contributed by atoms with Crippen LogP contribution in [0.2, 0.25) is 0 Å². The number of aliphatic hydroxyl groups excluding tert-OH is 5. The van der Waals surface area contributed by atoms with Crippen LogP contribution < -0.4 is 5.32 Å². The Balaban J connectivity index is 1.95. The lowest BCUT2D eigenvalue weighted by Crippen LogP contribution is -2.60. The summed E-state index contributed by atoms with van der Waals surface area (Å²) in [7, 11) is 0. The minimum atomic E-state index is -1.57. The molecule has 6 N–H and O–H groups in total. The summed E-state index contributed by atoms with van der Waals surface area (Å²) in [4.78, 5) is 25.1. The van der Waals surface area contributed by atoms with E-state index in [2.05, 4.69) is 31.3 Å². The Hall–Kier alpha value is -1.86. The molecule has 11 nitrogen and oxygen atoms in total. The fourth-order valence-corrected chi connectivity index (χ4v) is 11.6. The number of carbonyl (C=O) groups is 2. The fraction of sp³-hybridized carbons (Fsp3) is 0.917. The highest BCUT2D eigenvalue weighted by molar-refractivity contribution is 5.76. The van der Waals surface area contributed by atoms with Crippen LogP contribution in [0.4, 0.5) is 0 Å². The first-order valence-electron chi connectivity index (χ1n) is 36.1. The van der Waals surface area contributed by atoms with E-state index in [1.165, 1.54) is 283 Å². The first kappa shape index (κ1) is 79.2. The molecule has 0 saturated carbocycles. The second-order valence-electron chi connectivity index (χ2n) is 25.3. The zero-order chi connectivity index (χ0) is 60.2. The van der Waals surface area contributed by atoms with Gasteiger partial charge in [-0.05, 0) is 44.9 Å². The van der Waals surface area contributed by atoms with Crippen molar-refractivity contribution in [3.8, 4) is 0 Å². The van der Waals surface area contributed by atoms with Gasteiger partial charge in [0.2, 0.25) is 5.91 Å². The van der Waals surface area contributed by atoms with Gasteiger partial charge >= 0.3 is 5.97 Å². The average Bonchev–Trinajstić information content (AvgIpc) is 3.50. The predicted molar refractivity (Wildman–Crippen MR) is 348 cm³/mol. The number of carbonyl (C=O) groups excluding carboxylic acids is 2. The highest BCUT2D eigenvalue weighted by atomic mass is 16.7. The normalized spacial score (nSPS) is 18.2. The molecule has 1 aliphatic heterocycles. The Morgan fingerprint density at radius 2 is 0.783 bits per heavy atom. The van der Waals surface area contributed by atoms with Gasteiger partial charge in [-0.25, -0.2) is 0 Å². The standard InChI is InChI=1S/C72H137NO10/c1-3-5-7-9-11-13-15-35-39-42-46-50-54-58-65(75)64(63-82-72-71(80)70(79)69(78)66(62-74)83-72)73-67(76)59-55-51-47-43-40-36-33-31-29-27-25-23-21-19-17-16-18-20-22-24-26-28-30-32-34-37-41-45-49-53-57-61-81-68(77)60-56-52-48-44-38-14-12-10-8-6-4-2/h39,42,54,58,64-66,69-72,74-75,78-80H,3-38,40-41,43-53,55-57,59-63H2,1-2H3,(H,73,76)/b42-39+,58-54+. The molecule has 0 aliphatic carbocycles. The van der Waals surface area contributed by atoms with Gasteiger partial charge in [0.05, 0.1) is 32.0 Å². The van der Waals surface area contributed by atoms with E-state index in [4.69, 9.17) is 14.2 Å². The summed E-state index contributed by atoms with van der Waals surface area (Å²) in [5.74, 6) is -0.173. The highest BCUT2D eigenvalue weighted by Gasteiger charge is 2.44. The van der Waals surface area contributed by atoms with Crippen molar-refractivity contribution < 1.29 is 49.3 Å². The molecule has 490 valence electrons. The summed E-state index contributed by atoms with van der Waals surface area (Å²) in [6, 6.07) is -0.824. The van der Waals surface area contributed by atoms with Crippen LogP contribution in [-0.4, -0.2) is 100 Å². The van der Waals surface area contributed by atoms with Gasteiger partial charge in [0.1, 0.15) is 24.4 Å². The van der Waals surface area contributed by atoms with Gasteiger partial charge in [-0.3, -0.25) is 9.59 Å². The topological polar surface area (TPSA) is 175 Å². The molecule has 11 heteroatoms. The van der Waals surface area contributed by atoms with Gasteiger partial charge in [-0.1, -0.05) is 327 Å². The third-order valence-electron chi connectivity index (χ3n) is 17.3. The molecule has 7 unspecified atom stereocenters. The Bertz CT molecular complexity index is 1430. The van der Waals surface area contributed by atoms with E-state index < -0.39 is 49.5 Å². The first-order chi connectivity index (χ1) is 40.7. The molecule has 0 bridgehead atoms. The van der Waals surface area contributed by atoms with Crippen molar-refractivity contribution >= 4 is 11.9 Å². The van der Waals surface area contributed by atoms with E-state index in [9.17, 15) is 35.1 Å². The van der Waals surface area contributed by atoms with Crippen LogP contribution >= 0.6 is 0 Å². The third kappa shape index (κ3) is 50.8. The molecule has 83 heavy (non-hydrogen) atoms. The number of allylic oxidation sites excluding steroid dienone is 3. The van der Waals surface area contributed by atoms with E-state index in [0.717, 1.165) is 51.4 Å². The van der Waals surface area contributed by atoms with E-state index in [1.807, 2.05) is 6.08 Å². The molecule has 1 aliphatic rings. The maximum absolute atomic E-state index is 13.1. The van der Waals surface area contributed by atoms with Crippen LogP contribution in [0.25, 0.3) is 0 Å². The molecule has 1 saturated heterocycles. The molecule has 1 amide bonds. The molecule has 1 heterocycles. The molecule has 1 fully saturated rings. The van der Waals surface area contributed by atoms with E-state index in [0.29, 0.717) is 19.4 Å². The summed E-state index contributed by atoms with van der Waals surface area (Å²) in [5.41, 5.74) is 0. The summed E-state index contributed by atoms with van der Waals surface area (Å²) in [6.07, 6.45) is 67.5. The third-order valence-corrected chi connectivity index (χ3v) is 17.3. The molecule has 0 aromatic rings. The van der Waals surface area contributed by atoms with Gasteiger partial charge in [0.15, 0.2) is 6.29 Å². The Morgan fingerprint density at radius 1 is 0.434 bits per heavy atom. The maximum Gasteiger partial charge on any atom is 0.305 e. The largest absolute Gasteiger partial charge is 0.466 e. The van der Waals surface area contributed by atoms with Gasteiger partial charge < -0.3 is 45.1 Å². The Labute approximate surface area is 511 Å². The summed E-state index contributed by atoms with van der Waals surface area (Å²) in [5, 5.41) is 54.5. The zero-order valence-electron chi connectivity index (χ0n) is 54.4. The number of unbranched alkanes of at least 4 members (excludes halogenated alkanes) is 48. The van der Waals surface area contributed by atoms with Crippen molar-refractivity contribution in [1.82, 2.24) is 5.32 Å². The minimum Gasteiger partial charge on any atom is -0.466 e. The van der Waals surface area contributed by atoms with E-state index >= 15 is 0 Å². The average molecular weight is 1180 g/mol. The van der Waals surface area contributed by atoms with Crippen LogP contribution in [0.15, 0.2) is 24.3 Å². The monoisotopic (exact) mass is 1180 g/mol. The van der Waals surface area contributed by atoms with Crippen molar-refractivity contribution in [2.45, 2.75) is 403 Å². The number of hydrogen-bond acceptors (Lipinski definition) is 10. The lowest BCUT2D eigenvalue weighted by atomic mass is 9.99. The fourth-order valence-electron chi connectivity index (χ4n) is 11.6. The Morgan fingerprint density at radius 3 is 1.19 bits per heavy atom. The molecule has 0 spiro atoms. The number of amides is 1. The molecular weight excluding hydrogens is 1040 g/mol. The van der Waals surface area contributed by atoms with Crippen LogP contribution in [-0.2, 0) is 23.8 Å². The number of rotatable bonds is 64. The van der Waals surface area contributed by atoms with Gasteiger partial charge in [0, 0.05) is 12.8 Å². The molecule has 0 radical (unpaired) electrons. The summed E-state index contributed by atoms with van der Waals surface area (Å²) in [6.45, 7) is 4.36. The SMILES string of the molecule is CCCCCCCCC/C=C/CC/C=C/C(O)C(COC1OC(CO)C(O)C(O)C1O)NC(=O)CCCCCCCCCCCCCCCCCCCCCCCCCCCCCCCCCOC(=O)CCCCCCCCCCCCC. The predicted octanol–water partition coefficient (Wildman–Crippen LogP) is 18.4. The van der Waals surface area contributed by atoms with Gasteiger partial charge in [-0.15, -0.1) is 0 Å². The molecule has 7 atom stereocenters. The van der Waals surface area contributed by atoms with E-state index in [1.54, 1.807) is 6.08 Å². The lowest BCUT2D eigenvalue weighted by Gasteiger charge is -2.40. The van der Waals surface area contributed by atoms with Crippen LogP contribution in [0, 0.1) is 0 Å². The van der Waals surface area contributed by atoms with Crippen molar-refractivity contribution in [3.05, 3.63) is 24.3 Å². The van der Waals surface area contributed by atoms with Crippen molar-refractivity contribution in [2.24, 2.45) is 0 Å². The first-order valence-corrected chi connectivity index (χ1v) is 36.1. The number of esters is 1. The van der Waals surface area contributed by atoms with Crippen LogP contribution in [0.5, 0.6) is 0 Å². The maximum atomic E-state index is 13.1. The number of aliphatic hydroxyl groups is 5. The second kappa shape index (κ2) is 61.8. The minimum absolute atomic E-state index is 0.0128. The molecular formula is C72H137NO10. The van der Waals surface area contributed by atoms with Crippen molar-refractivity contribution in [3.63, 3.8) is 0 Å². The van der Waals surface area contributed by atoms with E-state index in [-0.39, 0.29) is 18.5 Å². The quantitative estimate of drug-likeness (QED) is 0.0195. The second-order valence-corrected chi connectivity index (χ2v) is 25.3. The van der Waals surface area contributed by atoms with Crippen molar-refractivity contribution in [1.29, 1.82) is 0 Å². The molecule has 1 rings (SSSR count). The van der Waals surface area contributed by atoms with Crippen molar-refractivity contribution in [2.75, 3.05) is 19.8 Å². The number of nitrogens with one attached hydrogen (secondary N) is 1. The zero-order valence-corrected chi connectivity index (χ0v) is 54.4. The number of ether oxygens (including phenoxy) is 3. The Kier molecular flexibility index (Phi) is 58.9. The van der Waals surface area contributed by atoms with Gasteiger partial charge in [0.25, 0.3) is 0 Å². The van der Waals surface area contributed by atoms with Gasteiger partial charge in [-0.2, -0.15) is 0 Å². The smallest absolute Gasteiger partial charge is 0.305 e. The van der Waals surface area contributed by atoms with Crippen LogP contribution in [0.1, 0.15) is 361 Å². The summed E-state index contributed by atoms with van der Waals surface area (Å²) < 4.78 is 16.7. The highest BCUT2D eigenvalue weighted by Crippen LogP contribution is 2.23. The molecule has 0 aromatic heterocycles. The van der Waals surface area contributed by atoms with Crippen LogP contribution in [0.3, 0.4) is 0 Å². The lowest BCUT2D eigenvalue weighted by molar-refractivity contribution is -0.302. The summed E-state index contributed by atoms with van der Waals surface area (Å²) >= 11 is 0.